The van der Waals surface area contributed by atoms with E-state index < -0.39 is 12.1 Å². The summed E-state index contributed by atoms with van der Waals surface area (Å²) in [6.07, 6.45) is -4.88. The van der Waals surface area contributed by atoms with Crippen molar-refractivity contribution in [3.8, 4) is 5.75 Å². The molecule has 132 valence electrons. The zero-order valence-electron chi connectivity index (χ0n) is 13.2. The van der Waals surface area contributed by atoms with Crippen LogP contribution in [-0.4, -0.2) is 25.1 Å². The third-order valence-electron chi connectivity index (χ3n) is 3.23. The molecule has 2 aromatic carbocycles. The molecule has 0 radical (unpaired) electrons. The number of carbonyl (C=O) groups is 2. The maximum absolute atomic E-state index is 12.2. The normalized spacial score (nSPS) is 10.9. The number of para-hydroxylation sites is 1. The van der Waals surface area contributed by atoms with Gasteiger partial charge in [-0.1, -0.05) is 18.2 Å². The number of alkyl halides is 3. The van der Waals surface area contributed by atoms with Gasteiger partial charge in [0.15, 0.2) is 0 Å². The van der Waals surface area contributed by atoms with E-state index in [1.165, 1.54) is 31.4 Å². The van der Waals surface area contributed by atoms with Gasteiger partial charge in [0.2, 0.25) is 5.91 Å². The van der Waals surface area contributed by atoms with E-state index in [4.69, 9.17) is 4.74 Å². The van der Waals surface area contributed by atoms with Gasteiger partial charge in [-0.05, 0) is 30.3 Å². The Morgan fingerprint density at radius 1 is 0.960 bits per heavy atom. The number of carbonyl (C=O) groups excluding carboxylic acids is 2. The Bertz CT molecular complexity index is 758. The number of methoxy groups -OCH3 is 1. The highest BCUT2D eigenvalue weighted by atomic mass is 19.4. The van der Waals surface area contributed by atoms with Gasteiger partial charge in [0.25, 0.3) is 0 Å². The summed E-state index contributed by atoms with van der Waals surface area (Å²) >= 11 is 0. The van der Waals surface area contributed by atoms with Crippen LogP contribution in [0.5, 0.6) is 5.75 Å². The number of hydrogen-bond acceptors (Lipinski definition) is 3. The smallest absolute Gasteiger partial charge is 0.471 e. The number of amides is 2. The van der Waals surface area contributed by atoms with Crippen LogP contribution in [0.1, 0.15) is 5.56 Å². The van der Waals surface area contributed by atoms with Crippen molar-refractivity contribution in [1.82, 2.24) is 0 Å². The molecular formula is C17H15F3N2O3. The Kier molecular flexibility index (Phi) is 5.63. The number of nitrogens with one attached hydrogen (secondary N) is 2. The van der Waals surface area contributed by atoms with Gasteiger partial charge in [-0.2, -0.15) is 13.2 Å². The first-order valence-corrected chi connectivity index (χ1v) is 7.19. The first kappa shape index (κ1) is 18.3. The molecular weight excluding hydrogens is 337 g/mol. The molecule has 5 nitrogen and oxygen atoms in total. The summed E-state index contributed by atoms with van der Waals surface area (Å²) in [7, 11) is 1.50. The maximum atomic E-state index is 12.2. The molecule has 0 saturated heterocycles. The summed E-state index contributed by atoms with van der Waals surface area (Å²) in [6.45, 7) is 0. The zero-order valence-corrected chi connectivity index (χ0v) is 13.2. The first-order chi connectivity index (χ1) is 11.8. The van der Waals surface area contributed by atoms with Crippen LogP contribution in [0.15, 0.2) is 48.5 Å². The Labute approximate surface area is 141 Å². The van der Waals surface area contributed by atoms with Gasteiger partial charge in [0, 0.05) is 16.9 Å². The third-order valence-corrected chi connectivity index (χ3v) is 3.23. The van der Waals surface area contributed by atoms with Crippen LogP contribution in [0.4, 0.5) is 24.5 Å². The fourth-order valence-corrected chi connectivity index (χ4v) is 2.07. The quantitative estimate of drug-likeness (QED) is 0.867. The van der Waals surface area contributed by atoms with Gasteiger partial charge in [-0.25, -0.2) is 0 Å². The first-order valence-electron chi connectivity index (χ1n) is 7.19. The van der Waals surface area contributed by atoms with Crippen molar-refractivity contribution in [2.45, 2.75) is 12.6 Å². The highest BCUT2D eigenvalue weighted by Gasteiger charge is 2.38. The number of rotatable bonds is 5. The molecule has 0 fully saturated rings. The maximum Gasteiger partial charge on any atom is 0.471 e. The minimum atomic E-state index is -4.96. The van der Waals surface area contributed by atoms with Crippen LogP contribution in [-0.2, 0) is 16.0 Å². The van der Waals surface area contributed by atoms with E-state index in [2.05, 4.69) is 5.32 Å². The fourth-order valence-electron chi connectivity index (χ4n) is 2.07. The van der Waals surface area contributed by atoms with Crippen LogP contribution in [0.3, 0.4) is 0 Å². The Morgan fingerprint density at radius 2 is 1.52 bits per heavy atom. The molecule has 0 atom stereocenters. The molecule has 0 aliphatic rings. The molecule has 0 aliphatic carbocycles. The van der Waals surface area contributed by atoms with E-state index in [1.54, 1.807) is 29.6 Å². The second-order valence-electron chi connectivity index (χ2n) is 5.07. The molecule has 2 N–H and O–H groups in total. The third kappa shape index (κ3) is 5.23. The van der Waals surface area contributed by atoms with Crippen LogP contribution < -0.4 is 15.4 Å². The largest absolute Gasteiger partial charge is 0.496 e. The Morgan fingerprint density at radius 3 is 2.08 bits per heavy atom. The standard InChI is InChI=1S/C17H15F3N2O3/c1-25-14-5-3-2-4-11(14)10-15(23)21-12-6-8-13(9-7-12)22-16(24)17(18,19)20/h2-9H,10H2,1H3,(H,21,23)(H,22,24). The van der Waals surface area contributed by atoms with Crippen molar-refractivity contribution in [1.29, 1.82) is 0 Å². The lowest BCUT2D eigenvalue weighted by Gasteiger charge is -2.10. The monoisotopic (exact) mass is 352 g/mol. The van der Waals surface area contributed by atoms with Gasteiger partial charge in [0.05, 0.1) is 13.5 Å². The summed E-state index contributed by atoms with van der Waals surface area (Å²) in [5.74, 6) is -1.78. The zero-order chi connectivity index (χ0) is 18.4. The molecule has 0 aromatic heterocycles. The fraction of sp³-hybridized carbons (Fsp3) is 0.176. The summed E-state index contributed by atoms with van der Waals surface area (Å²) < 4.78 is 41.7. The van der Waals surface area contributed by atoms with Crippen molar-refractivity contribution >= 4 is 23.2 Å². The second kappa shape index (κ2) is 7.69. The molecule has 2 rings (SSSR count). The van der Waals surface area contributed by atoms with Crippen LogP contribution in [0.2, 0.25) is 0 Å². The van der Waals surface area contributed by atoms with Gasteiger partial charge in [-0.3, -0.25) is 9.59 Å². The Balaban J connectivity index is 1.97. The van der Waals surface area contributed by atoms with Gasteiger partial charge in [-0.15, -0.1) is 0 Å². The molecule has 0 saturated carbocycles. The van der Waals surface area contributed by atoms with Gasteiger partial charge < -0.3 is 15.4 Å². The minimum absolute atomic E-state index is 0.0231. The number of hydrogen-bond donors (Lipinski definition) is 2. The lowest BCUT2D eigenvalue weighted by molar-refractivity contribution is -0.167. The summed E-state index contributed by atoms with van der Waals surface area (Å²) in [4.78, 5) is 22.9. The molecule has 0 aliphatic heterocycles. The lowest BCUT2D eigenvalue weighted by atomic mass is 10.1. The van der Waals surface area contributed by atoms with E-state index >= 15 is 0 Å². The lowest BCUT2D eigenvalue weighted by Crippen LogP contribution is -2.29. The molecule has 2 aromatic rings. The van der Waals surface area contributed by atoms with Crippen molar-refractivity contribution < 1.29 is 27.5 Å². The average molecular weight is 352 g/mol. The molecule has 25 heavy (non-hydrogen) atoms. The van der Waals surface area contributed by atoms with Crippen molar-refractivity contribution in [3.63, 3.8) is 0 Å². The van der Waals surface area contributed by atoms with Crippen molar-refractivity contribution in [2.75, 3.05) is 17.7 Å². The van der Waals surface area contributed by atoms with E-state index in [1.807, 2.05) is 0 Å². The SMILES string of the molecule is COc1ccccc1CC(=O)Nc1ccc(NC(=O)C(F)(F)F)cc1. The Hall–Kier alpha value is -3.03. The second-order valence-corrected chi connectivity index (χ2v) is 5.07. The number of benzene rings is 2. The van der Waals surface area contributed by atoms with Crippen molar-refractivity contribution in [2.24, 2.45) is 0 Å². The molecule has 0 unspecified atom stereocenters. The van der Waals surface area contributed by atoms with Crippen molar-refractivity contribution in [3.05, 3.63) is 54.1 Å². The average Bonchev–Trinajstić information content (AvgIpc) is 2.56. The van der Waals surface area contributed by atoms with Gasteiger partial charge in [0.1, 0.15) is 5.75 Å². The van der Waals surface area contributed by atoms with E-state index in [0.29, 0.717) is 17.0 Å². The van der Waals surface area contributed by atoms with Crippen LogP contribution in [0, 0.1) is 0 Å². The highest BCUT2D eigenvalue weighted by molar-refractivity contribution is 5.96. The molecule has 0 spiro atoms. The van der Waals surface area contributed by atoms with Crippen LogP contribution in [0.25, 0.3) is 0 Å². The van der Waals surface area contributed by atoms with E-state index in [9.17, 15) is 22.8 Å². The summed E-state index contributed by atoms with van der Waals surface area (Å²) in [5, 5.41) is 4.35. The number of anilines is 2. The summed E-state index contributed by atoms with van der Waals surface area (Å²) in [5.41, 5.74) is 1.08. The number of ether oxygens (including phenoxy) is 1. The van der Waals surface area contributed by atoms with E-state index in [0.717, 1.165) is 0 Å². The highest BCUT2D eigenvalue weighted by Crippen LogP contribution is 2.21. The number of halogens is 3. The molecule has 8 heteroatoms. The topological polar surface area (TPSA) is 67.4 Å². The summed E-state index contributed by atoms with van der Waals surface area (Å²) in [6, 6.07) is 12.4. The predicted molar refractivity (Wildman–Crippen MR) is 86.5 cm³/mol. The van der Waals surface area contributed by atoms with E-state index in [-0.39, 0.29) is 18.0 Å². The minimum Gasteiger partial charge on any atom is -0.496 e. The predicted octanol–water partition coefficient (Wildman–Crippen LogP) is 3.38. The van der Waals surface area contributed by atoms with Gasteiger partial charge >= 0.3 is 12.1 Å². The molecule has 0 heterocycles. The van der Waals surface area contributed by atoms with Crippen LogP contribution >= 0.6 is 0 Å². The molecule has 2 amide bonds. The molecule has 0 bridgehead atoms.